The lowest BCUT2D eigenvalue weighted by Gasteiger charge is -2.15. The summed E-state index contributed by atoms with van der Waals surface area (Å²) in [5.74, 6) is 0.710. The van der Waals surface area contributed by atoms with Gasteiger partial charge in [-0.25, -0.2) is 4.79 Å². The van der Waals surface area contributed by atoms with Gasteiger partial charge in [-0.3, -0.25) is 0 Å². The van der Waals surface area contributed by atoms with Crippen LogP contribution in [0.2, 0.25) is 0 Å². The highest BCUT2D eigenvalue weighted by atomic mass is 19.4. The second kappa shape index (κ2) is 8.37. The monoisotopic (exact) mass is 391 g/mol. The van der Waals surface area contributed by atoms with Crippen LogP contribution in [0.5, 0.6) is 5.75 Å². The highest BCUT2D eigenvalue weighted by Crippen LogP contribution is 2.29. The normalized spacial score (nSPS) is 14.6. The number of ether oxygens (including phenoxy) is 1. The van der Waals surface area contributed by atoms with Gasteiger partial charge in [0.2, 0.25) is 0 Å². The molecule has 0 spiro atoms. The molecule has 4 nitrogen and oxygen atoms in total. The molecule has 148 valence electrons. The van der Waals surface area contributed by atoms with E-state index in [1.807, 2.05) is 18.2 Å². The number of carboxylic acid groups (broad SMARTS) is 1. The number of fused-ring (bicyclic) bond motifs is 1. The largest absolute Gasteiger partial charge is 0.489 e. The van der Waals surface area contributed by atoms with Crippen molar-refractivity contribution in [2.75, 3.05) is 19.7 Å². The number of hydrogen-bond donors (Lipinski definition) is 1. The van der Waals surface area contributed by atoms with Crippen LogP contribution in [0.3, 0.4) is 0 Å². The van der Waals surface area contributed by atoms with Crippen LogP contribution in [0.15, 0.2) is 48.5 Å². The van der Waals surface area contributed by atoms with Crippen molar-refractivity contribution >= 4 is 12.2 Å². The molecule has 0 saturated carbocycles. The molecule has 0 atom stereocenters. The summed E-state index contributed by atoms with van der Waals surface area (Å²) in [5.41, 5.74) is 2.06. The summed E-state index contributed by atoms with van der Waals surface area (Å²) in [6, 6.07) is 10.6. The highest BCUT2D eigenvalue weighted by Gasteiger charge is 2.29. The molecular weight excluding hydrogens is 371 g/mol. The molecule has 1 N–H and O–H groups in total. The lowest BCUT2D eigenvalue weighted by atomic mass is 10.0. The van der Waals surface area contributed by atoms with Gasteiger partial charge in [0.1, 0.15) is 12.4 Å². The molecule has 0 radical (unpaired) electrons. The lowest BCUT2D eigenvalue weighted by Crippen LogP contribution is -2.31. The first-order chi connectivity index (χ1) is 13.3. The maximum absolute atomic E-state index is 12.6. The number of halogens is 3. The molecule has 0 unspecified atom stereocenters. The third kappa shape index (κ3) is 4.85. The van der Waals surface area contributed by atoms with Gasteiger partial charge in [0.15, 0.2) is 0 Å². The fourth-order valence-corrected chi connectivity index (χ4v) is 3.17. The summed E-state index contributed by atoms with van der Waals surface area (Å²) < 4.78 is 43.5. The molecule has 1 aliphatic heterocycles. The van der Waals surface area contributed by atoms with Crippen molar-refractivity contribution in [3.8, 4) is 5.75 Å². The Kier molecular flexibility index (Phi) is 5.92. The SMILES string of the molecule is O=C(O)N1CCc2cccc(OC/C=C/c3ccc(C(F)(F)F)cc3)c2CC1. The van der Waals surface area contributed by atoms with Crippen molar-refractivity contribution < 1.29 is 27.8 Å². The standard InChI is InChI=1S/C21H20F3NO3/c22-21(23,24)17-8-6-15(7-9-17)3-2-14-28-19-5-1-4-16-10-12-25(20(26)27)13-11-18(16)19/h1-9H,10-14H2,(H,26,27)/b3-2+. The predicted octanol–water partition coefficient (Wildman–Crippen LogP) is 4.88. The fourth-order valence-electron chi connectivity index (χ4n) is 3.17. The summed E-state index contributed by atoms with van der Waals surface area (Å²) in [4.78, 5) is 12.6. The average molecular weight is 391 g/mol. The van der Waals surface area contributed by atoms with Gasteiger partial charge in [-0.2, -0.15) is 13.2 Å². The minimum absolute atomic E-state index is 0.264. The number of benzene rings is 2. The molecule has 0 aromatic heterocycles. The number of rotatable bonds is 4. The summed E-state index contributed by atoms with van der Waals surface area (Å²) in [6.07, 6.45) is -0.599. The van der Waals surface area contributed by atoms with Gasteiger partial charge in [-0.05, 0) is 53.8 Å². The molecule has 1 heterocycles. The Balaban J connectivity index is 1.62. The van der Waals surface area contributed by atoms with E-state index >= 15 is 0 Å². The van der Waals surface area contributed by atoms with Gasteiger partial charge in [0, 0.05) is 13.1 Å². The van der Waals surface area contributed by atoms with Crippen LogP contribution in [0, 0.1) is 0 Å². The van der Waals surface area contributed by atoms with E-state index in [-0.39, 0.29) is 6.61 Å². The number of hydrogen-bond acceptors (Lipinski definition) is 2. The summed E-state index contributed by atoms with van der Waals surface area (Å²) >= 11 is 0. The first-order valence-corrected chi connectivity index (χ1v) is 8.90. The molecule has 0 saturated heterocycles. The molecule has 3 rings (SSSR count). The summed E-state index contributed by atoms with van der Waals surface area (Å²) in [6.45, 7) is 1.14. The Morgan fingerprint density at radius 1 is 1.11 bits per heavy atom. The van der Waals surface area contributed by atoms with Crippen molar-refractivity contribution in [1.29, 1.82) is 0 Å². The first-order valence-electron chi connectivity index (χ1n) is 8.90. The second-order valence-corrected chi connectivity index (χ2v) is 6.50. The number of amides is 1. The zero-order chi connectivity index (χ0) is 20.1. The molecule has 28 heavy (non-hydrogen) atoms. The molecule has 2 aromatic rings. The quantitative estimate of drug-likeness (QED) is 0.809. The Labute approximate surface area is 160 Å². The molecule has 0 bridgehead atoms. The third-order valence-corrected chi connectivity index (χ3v) is 4.67. The van der Waals surface area contributed by atoms with Crippen LogP contribution in [0.4, 0.5) is 18.0 Å². The van der Waals surface area contributed by atoms with E-state index in [1.54, 1.807) is 12.2 Å². The third-order valence-electron chi connectivity index (χ3n) is 4.67. The van der Waals surface area contributed by atoms with Crippen molar-refractivity contribution in [2.45, 2.75) is 19.0 Å². The molecule has 2 aromatic carbocycles. The second-order valence-electron chi connectivity index (χ2n) is 6.50. The van der Waals surface area contributed by atoms with Gasteiger partial charge >= 0.3 is 12.3 Å². The van der Waals surface area contributed by atoms with Crippen molar-refractivity contribution in [2.24, 2.45) is 0 Å². The maximum Gasteiger partial charge on any atom is 0.416 e. The Hall–Kier alpha value is -2.96. The predicted molar refractivity (Wildman–Crippen MR) is 99.4 cm³/mol. The Morgan fingerprint density at radius 3 is 2.50 bits per heavy atom. The fraction of sp³-hybridized carbons (Fsp3) is 0.286. The number of nitrogens with zero attached hydrogens (tertiary/aromatic N) is 1. The van der Waals surface area contributed by atoms with Gasteiger partial charge in [0.25, 0.3) is 0 Å². The lowest BCUT2D eigenvalue weighted by molar-refractivity contribution is -0.137. The molecule has 1 aliphatic rings. The van der Waals surface area contributed by atoms with Gasteiger partial charge in [-0.1, -0.05) is 30.3 Å². The van der Waals surface area contributed by atoms with E-state index in [0.29, 0.717) is 37.2 Å². The molecule has 0 aliphatic carbocycles. The smallest absolute Gasteiger partial charge is 0.416 e. The topological polar surface area (TPSA) is 49.8 Å². The van der Waals surface area contributed by atoms with E-state index in [1.165, 1.54) is 17.0 Å². The Morgan fingerprint density at radius 2 is 1.82 bits per heavy atom. The first kappa shape index (κ1) is 19.8. The zero-order valence-electron chi connectivity index (χ0n) is 15.1. The molecule has 1 amide bonds. The summed E-state index contributed by atoms with van der Waals surface area (Å²) in [7, 11) is 0. The molecule has 7 heteroatoms. The van der Waals surface area contributed by atoms with Crippen molar-refractivity contribution in [1.82, 2.24) is 4.90 Å². The van der Waals surface area contributed by atoms with Gasteiger partial charge in [0.05, 0.1) is 5.56 Å². The Bertz CT molecular complexity index is 860. The van der Waals surface area contributed by atoms with E-state index in [4.69, 9.17) is 4.74 Å². The maximum atomic E-state index is 12.6. The molecule has 0 fully saturated rings. The van der Waals surface area contributed by atoms with Crippen molar-refractivity contribution in [3.05, 3.63) is 70.8 Å². The van der Waals surface area contributed by atoms with E-state index in [2.05, 4.69) is 0 Å². The van der Waals surface area contributed by atoms with Gasteiger partial charge in [-0.15, -0.1) is 0 Å². The van der Waals surface area contributed by atoms with E-state index < -0.39 is 17.8 Å². The van der Waals surface area contributed by atoms with Crippen LogP contribution in [-0.4, -0.2) is 35.8 Å². The minimum Gasteiger partial charge on any atom is -0.489 e. The van der Waals surface area contributed by atoms with Crippen LogP contribution in [-0.2, 0) is 19.0 Å². The van der Waals surface area contributed by atoms with Crippen LogP contribution in [0.1, 0.15) is 22.3 Å². The van der Waals surface area contributed by atoms with Crippen LogP contribution >= 0.6 is 0 Å². The van der Waals surface area contributed by atoms with Crippen molar-refractivity contribution in [3.63, 3.8) is 0 Å². The van der Waals surface area contributed by atoms with Gasteiger partial charge < -0.3 is 14.7 Å². The van der Waals surface area contributed by atoms with Crippen LogP contribution in [0.25, 0.3) is 6.08 Å². The number of carbonyl (C=O) groups is 1. The van der Waals surface area contributed by atoms with Crippen LogP contribution < -0.4 is 4.74 Å². The number of alkyl halides is 3. The minimum atomic E-state index is -4.34. The highest BCUT2D eigenvalue weighted by molar-refractivity contribution is 5.65. The van der Waals surface area contributed by atoms with E-state index in [0.717, 1.165) is 23.3 Å². The zero-order valence-corrected chi connectivity index (χ0v) is 15.1. The average Bonchev–Trinajstić information content (AvgIpc) is 2.88. The van der Waals surface area contributed by atoms with E-state index in [9.17, 15) is 23.1 Å². The molecular formula is C21H20F3NO3. The summed E-state index contributed by atoms with van der Waals surface area (Å²) in [5, 5.41) is 9.18.